The van der Waals surface area contributed by atoms with Crippen LogP contribution in [0.1, 0.15) is 42.0 Å². The molecule has 1 aromatic carbocycles. The molecule has 1 atom stereocenters. The Morgan fingerprint density at radius 1 is 1.25 bits per heavy atom. The number of benzene rings is 1. The van der Waals surface area contributed by atoms with Crippen molar-refractivity contribution < 1.29 is 13.2 Å². The van der Waals surface area contributed by atoms with E-state index in [1.165, 1.54) is 0 Å². The van der Waals surface area contributed by atoms with Gasteiger partial charge >= 0.3 is 0 Å². The second-order valence-electron chi connectivity index (χ2n) is 5.68. The van der Waals surface area contributed by atoms with Crippen LogP contribution in [0, 0.1) is 13.8 Å². The van der Waals surface area contributed by atoms with Gasteiger partial charge in [-0.2, -0.15) is 0 Å². The molecule has 0 spiro atoms. The first-order valence-electron chi connectivity index (χ1n) is 6.95. The number of nitrogens with two attached hydrogens (primary N) is 1. The van der Waals surface area contributed by atoms with E-state index in [-0.39, 0.29) is 12.1 Å². The SMILES string of the molecule is Cc1c(S(=O)(=O)NC2CC2)cc2c(c1C)OCCC2N. The second kappa shape index (κ2) is 4.72. The average molecular weight is 296 g/mol. The molecule has 1 aliphatic heterocycles. The molecular formula is C14H20N2O3S. The van der Waals surface area contributed by atoms with Crippen LogP contribution < -0.4 is 15.2 Å². The summed E-state index contributed by atoms with van der Waals surface area (Å²) in [6, 6.07) is 1.63. The molecule has 6 heteroatoms. The predicted molar refractivity (Wildman–Crippen MR) is 76.3 cm³/mol. The van der Waals surface area contributed by atoms with E-state index in [1.54, 1.807) is 6.07 Å². The van der Waals surface area contributed by atoms with Gasteiger partial charge in [0.1, 0.15) is 5.75 Å². The molecule has 3 N–H and O–H groups in total. The van der Waals surface area contributed by atoms with Crippen LogP contribution in [-0.4, -0.2) is 21.1 Å². The first kappa shape index (κ1) is 13.9. The molecular weight excluding hydrogens is 276 g/mol. The fraction of sp³-hybridized carbons (Fsp3) is 0.571. The summed E-state index contributed by atoms with van der Waals surface area (Å²) in [7, 11) is -3.47. The topological polar surface area (TPSA) is 81.4 Å². The lowest BCUT2D eigenvalue weighted by molar-refractivity contribution is 0.266. The predicted octanol–water partition coefficient (Wildman–Crippen LogP) is 1.53. The van der Waals surface area contributed by atoms with Crippen LogP contribution in [0.5, 0.6) is 5.75 Å². The van der Waals surface area contributed by atoms with E-state index in [2.05, 4.69) is 4.72 Å². The van der Waals surface area contributed by atoms with Crippen LogP contribution in [0.15, 0.2) is 11.0 Å². The number of hydrogen-bond acceptors (Lipinski definition) is 4. The highest BCUT2D eigenvalue weighted by atomic mass is 32.2. The van der Waals surface area contributed by atoms with Crippen molar-refractivity contribution in [3.63, 3.8) is 0 Å². The Hall–Kier alpha value is -1.11. The van der Waals surface area contributed by atoms with E-state index < -0.39 is 10.0 Å². The maximum absolute atomic E-state index is 12.5. The molecule has 1 fully saturated rings. The number of ether oxygens (including phenoxy) is 1. The molecule has 0 amide bonds. The third-order valence-electron chi connectivity index (χ3n) is 4.08. The Balaban J connectivity index is 2.11. The number of fused-ring (bicyclic) bond motifs is 1. The molecule has 1 heterocycles. The zero-order valence-electron chi connectivity index (χ0n) is 11.8. The van der Waals surface area contributed by atoms with Crippen LogP contribution in [0.25, 0.3) is 0 Å². The van der Waals surface area contributed by atoms with Crippen molar-refractivity contribution >= 4 is 10.0 Å². The number of rotatable bonds is 3. The van der Waals surface area contributed by atoms with Gasteiger partial charge < -0.3 is 10.5 Å². The number of sulfonamides is 1. The second-order valence-corrected chi connectivity index (χ2v) is 7.36. The zero-order valence-corrected chi connectivity index (χ0v) is 12.6. The van der Waals surface area contributed by atoms with Gasteiger partial charge in [-0.25, -0.2) is 13.1 Å². The minimum atomic E-state index is -3.47. The van der Waals surface area contributed by atoms with Crippen molar-refractivity contribution in [2.45, 2.75) is 50.1 Å². The lowest BCUT2D eigenvalue weighted by Crippen LogP contribution is -2.28. The number of nitrogens with one attached hydrogen (secondary N) is 1. The zero-order chi connectivity index (χ0) is 14.5. The molecule has 3 rings (SSSR count). The third kappa shape index (κ3) is 2.32. The van der Waals surface area contributed by atoms with E-state index >= 15 is 0 Å². The van der Waals surface area contributed by atoms with Crippen LogP contribution >= 0.6 is 0 Å². The maximum atomic E-state index is 12.5. The molecule has 110 valence electrons. The van der Waals surface area contributed by atoms with Gasteiger partial charge in [0, 0.05) is 24.1 Å². The third-order valence-corrected chi connectivity index (χ3v) is 5.73. The van der Waals surface area contributed by atoms with Crippen LogP contribution in [0.2, 0.25) is 0 Å². The summed E-state index contributed by atoms with van der Waals surface area (Å²) in [4.78, 5) is 0.335. The highest BCUT2D eigenvalue weighted by Gasteiger charge is 2.31. The fourth-order valence-corrected chi connectivity index (χ4v) is 4.20. The molecule has 2 aliphatic rings. The van der Waals surface area contributed by atoms with Gasteiger partial charge in [-0.1, -0.05) is 0 Å². The fourth-order valence-electron chi connectivity index (χ4n) is 2.56. The standard InChI is InChI=1S/C14H20N2O3S/c1-8-9(2)14-11(12(15)5-6-19-14)7-13(8)20(17,18)16-10-3-4-10/h7,10,12,16H,3-6,15H2,1-2H3. The Bertz CT molecular complexity index is 651. The van der Waals surface area contributed by atoms with Crippen molar-refractivity contribution in [1.29, 1.82) is 0 Å². The monoisotopic (exact) mass is 296 g/mol. The van der Waals surface area contributed by atoms with E-state index in [0.717, 1.165) is 35.3 Å². The van der Waals surface area contributed by atoms with Gasteiger partial charge in [-0.05, 0) is 43.9 Å². The van der Waals surface area contributed by atoms with Gasteiger partial charge in [0.2, 0.25) is 10.0 Å². The smallest absolute Gasteiger partial charge is 0.241 e. The van der Waals surface area contributed by atoms with E-state index in [1.807, 2.05) is 13.8 Å². The molecule has 1 aliphatic carbocycles. The summed E-state index contributed by atoms with van der Waals surface area (Å²) in [5.74, 6) is 0.756. The van der Waals surface area contributed by atoms with Gasteiger partial charge in [-0.15, -0.1) is 0 Å². The van der Waals surface area contributed by atoms with Crippen molar-refractivity contribution in [3.8, 4) is 5.75 Å². The lowest BCUT2D eigenvalue weighted by atomic mass is 9.96. The molecule has 1 unspecified atom stereocenters. The molecule has 1 saturated carbocycles. The summed E-state index contributed by atoms with van der Waals surface area (Å²) in [6.45, 7) is 4.30. The summed E-state index contributed by atoms with van der Waals surface area (Å²) in [5, 5.41) is 0. The first-order valence-corrected chi connectivity index (χ1v) is 8.43. The summed E-state index contributed by atoms with van der Waals surface area (Å²) >= 11 is 0. The maximum Gasteiger partial charge on any atom is 0.241 e. The first-order chi connectivity index (χ1) is 9.40. The van der Waals surface area contributed by atoms with E-state index in [4.69, 9.17) is 10.5 Å². The largest absolute Gasteiger partial charge is 0.493 e. The van der Waals surface area contributed by atoms with Crippen molar-refractivity contribution in [1.82, 2.24) is 4.72 Å². The molecule has 0 saturated heterocycles. The van der Waals surface area contributed by atoms with Gasteiger partial charge in [0.05, 0.1) is 11.5 Å². The van der Waals surface area contributed by atoms with Crippen molar-refractivity contribution in [3.05, 3.63) is 22.8 Å². The minimum Gasteiger partial charge on any atom is -0.493 e. The molecule has 1 aromatic rings. The highest BCUT2D eigenvalue weighted by molar-refractivity contribution is 7.89. The van der Waals surface area contributed by atoms with Crippen molar-refractivity contribution in [2.75, 3.05) is 6.61 Å². The Morgan fingerprint density at radius 3 is 2.60 bits per heavy atom. The van der Waals surface area contributed by atoms with Gasteiger partial charge in [-0.3, -0.25) is 0 Å². The average Bonchev–Trinajstić information content (AvgIpc) is 3.17. The molecule has 20 heavy (non-hydrogen) atoms. The Morgan fingerprint density at radius 2 is 1.95 bits per heavy atom. The highest BCUT2D eigenvalue weighted by Crippen LogP contribution is 2.38. The quantitative estimate of drug-likeness (QED) is 0.886. The van der Waals surface area contributed by atoms with Crippen molar-refractivity contribution in [2.24, 2.45) is 5.73 Å². The van der Waals surface area contributed by atoms with Gasteiger partial charge in [0.25, 0.3) is 0 Å². The molecule has 0 aromatic heterocycles. The van der Waals surface area contributed by atoms with E-state index in [9.17, 15) is 8.42 Å². The number of hydrogen-bond donors (Lipinski definition) is 2. The van der Waals surface area contributed by atoms with E-state index in [0.29, 0.717) is 17.9 Å². The molecule has 0 bridgehead atoms. The summed E-state index contributed by atoms with van der Waals surface area (Å²) in [5.41, 5.74) is 8.51. The van der Waals surface area contributed by atoms with Crippen LogP contribution in [0.4, 0.5) is 0 Å². The normalized spacial score (nSPS) is 22.2. The van der Waals surface area contributed by atoms with Crippen LogP contribution in [-0.2, 0) is 10.0 Å². The minimum absolute atomic E-state index is 0.0978. The summed E-state index contributed by atoms with van der Waals surface area (Å²) < 4.78 is 33.3. The molecule has 0 radical (unpaired) electrons. The Labute approximate surface area is 119 Å². The Kier molecular flexibility index (Phi) is 3.27. The molecule has 5 nitrogen and oxygen atoms in total. The summed E-state index contributed by atoms with van der Waals surface area (Å²) in [6.07, 6.45) is 2.56. The van der Waals surface area contributed by atoms with Crippen LogP contribution in [0.3, 0.4) is 0 Å². The lowest BCUT2D eigenvalue weighted by Gasteiger charge is -2.26. The van der Waals surface area contributed by atoms with Gasteiger partial charge in [0.15, 0.2) is 0 Å².